The minimum absolute atomic E-state index is 0.894. The molecule has 0 fully saturated rings. The van der Waals surface area contributed by atoms with Gasteiger partial charge >= 0.3 is 0 Å². The van der Waals surface area contributed by atoms with Gasteiger partial charge in [-0.25, -0.2) is 0 Å². The average molecular weight is 690 g/mol. The Morgan fingerprint density at radius 1 is 0.296 bits per heavy atom. The second kappa shape index (κ2) is 13.4. The lowest BCUT2D eigenvalue weighted by atomic mass is 9.94. The predicted molar refractivity (Wildman–Crippen MR) is 228 cm³/mol. The van der Waals surface area contributed by atoms with Crippen LogP contribution in [0, 0.1) is 0 Å². The summed E-state index contributed by atoms with van der Waals surface area (Å²) < 4.78 is 6.60. The fraction of sp³-hybridized carbons (Fsp3) is 0. The highest BCUT2D eigenvalue weighted by Crippen LogP contribution is 2.42. The Labute approximate surface area is 314 Å². The summed E-state index contributed by atoms with van der Waals surface area (Å²) in [5, 5.41) is 4.71. The second-order valence-corrected chi connectivity index (χ2v) is 13.8. The lowest BCUT2D eigenvalue weighted by molar-refractivity contribution is 0.670. The molecule has 0 aliphatic carbocycles. The molecule has 9 aromatic carbocycles. The molecule has 0 N–H and O–H groups in total. The molecule has 0 saturated heterocycles. The molecule has 0 spiro atoms. The van der Waals surface area contributed by atoms with Crippen molar-refractivity contribution >= 4 is 49.8 Å². The number of hydrogen-bond acceptors (Lipinski definition) is 2. The van der Waals surface area contributed by atoms with Gasteiger partial charge in [0.25, 0.3) is 0 Å². The van der Waals surface area contributed by atoms with Crippen LogP contribution in [-0.4, -0.2) is 0 Å². The standard InChI is InChI=1S/C52H35NO/c1-3-11-36(12-4-1)39-21-27-45(28-22-39)53(46-29-23-40(24-30-46)37-13-5-2-6-14-37)47-31-25-41(26-32-47)49-34-44(43-20-19-38-15-7-8-16-42(38)33-43)35-50-48-17-9-10-18-51(48)54-52(49)50/h1-35H. The SMILES string of the molecule is c1ccc(-c2ccc(N(c3ccc(-c4ccccc4)cc3)c3ccc(-c4cc(-c5ccc6ccccc6c5)cc5c4oc4ccccc45)cc3)cc2)cc1. The molecule has 0 atom stereocenters. The molecule has 10 rings (SSSR count). The number of para-hydroxylation sites is 1. The molecule has 0 saturated carbocycles. The smallest absolute Gasteiger partial charge is 0.143 e. The Morgan fingerprint density at radius 2 is 0.778 bits per heavy atom. The van der Waals surface area contributed by atoms with Crippen molar-refractivity contribution in [3.05, 3.63) is 212 Å². The maximum Gasteiger partial charge on any atom is 0.143 e. The van der Waals surface area contributed by atoms with Gasteiger partial charge in [-0.3, -0.25) is 0 Å². The second-order valence-electron chi connectivity index (χ2n) is 13.8. The van der Waals surface area contributed by atoms with Crippen molar-refractivity contribution < 1.29 is 4.42 Å². The van der Waals surface area contributed by atoms with E-state index in [1.165, 1.54) is 38.6 Å². The first-order valence-electron chi connectivity index (χ1n) is 18.4. The van der Waals surface area contributed by atoms with Gasteiger partial charge < -0.3 is 9.32 Å². The number of rotatable bonds is 7. The average Bonchev–Trinajstić information content (AvgIpc) is 3.63. The lowest BCUT2D eigenvalue weighted by Gasteiger charge is -2.26. The highest BCUT2D eigenvalue weighted by atomic mass is 16.3. The molecule has 0 aliphatic rings. The first-order valence-corrected chi connectivity index (χ1v) is 18.4. The van der Waals surface area contributed by atoms with Gasteiger partial charge in [-0.1, -0.05) is 152 Å². The molecule has 1 heterocycles. The summed E-state index contributed by atoms with van der Waals surface area (Å²) in [5.41, 5.74) is 14.4. The summed E-state index contributed by atoms with van der Waals surface area (Å²) >= 11 is 0. The molecule has 54 heavy (non-hydrogen) atoms. The van der Waals surface area contributed by atoms with Gasteiger partial charge in [-0.15, -0.1) is 0 Å². The van der Waals surface area contributed by atoms with Crippen LogP contribution in [-0.2, 0) is 0 Å². The zero-order chi connectivity index (χ0) is 35.8. The number of benzene rings is 9. The minimum atomic E-state index is 0.894. The van der Waals surface area contributed by atoms with Crippen molar-refractivity contribution in [2.75, 3.05) is 4.90 Å². The largest absolute Gasteiger partial charge is 0.455 e. The van der Waals surface area contributed by atoms with Crippen molar-refractivity contribution in [3.63, 3.8) is 0 Å². The highest BCUT2D eigenvalue weighted by Gasteiger charge is 2.18. The first kappa shape index (κ1) is 31.6. The quantitative estimate of drug-likeness (QED) is 0.166. The van der Waals surface area contributed by atoms with Crippen LogP contribution in [0.5, 0.6) is 0 Å². The van der Waals surface area contributed by atoms with E-state index in [2.05, 4.69) is 211 Å². The van der Waals surface area contributed by atoms with Gasteiger partial charge in [0.1, 0.15) is 11.2 Å². The van der Waals surface area contributed by atoms with E-state index < -0.39 is 0 Å². The molecule has 0 radical (unpaired) electrons. The van der Waals surface area contributed by atoms with Crippen molar-refractivity contribution in [1.82, 2.24) is 0 Å². The Morgan fingerprint density at radius 3 is 1.39 bits per heavy atom. The molecule has 2 nitrogen and oxygen atoms in total. The maximum absolute atomic E-state index is 6.60. The van der Waals surface area contributed by atoms with E-state index in [0.29, 0.717) is 0 Å². The van der Waals surface area contributed by atoms with Crippen LogP contribution in [0.1, 0.15) is 0 Å². The number of fused-ring (bicyclic) bond motifs is 4. The van der Waals surface area contributed by atoms with Crippen LogP contribution >= 0.6 is 0 Å². The maximum atomic E-state index is 6.60. The Kier molecular flexibility index (Phi) is 7.85. The van der Waals surface area contributed by atoms with Gasteiger partial charge in [0, 0.05) is 33.4 Å². The zero-order valence-corrected chi connectivity index (χ0v) is 29.6. The molecule has 2 heteroatoms. The lowest BCUT2D eigenvalue weighted by Crippen LogP contribution is -2.09. The minimum Gasteiger partial charge on any atom is -0.455 e. The van der Waals surface area contributed by atoms with E-state index in [9.17, 15) is 0 Å². The van der Waals surface area contributed by atoms with Gasteiger partial charge in [-0.05, 0) is 110 Å². The number of furan rings is 1. The van der Waals surface area contributed by atoms with Crippen LogP contribution in [0.15, 0.2) is 217 Å². The van der Waals surface area contributed by atoms with E-state index >= 15 is 0 Å². The molecule has 10 aromatic rings. The zero-order valence-electron chi connectivity index (χ0n) is 29.6. The number of anilines is 3. The fourth-order valence-electron chi connectivity index (χ4n) is 7.68. The number of hydrogen-bond donors (Lipinski definition) is 0. The van der Waals surface area contributed by atoms with E-state index in [1.807, 2.05) is 6.07 Å². The Bertz CT molecular complexity index is 2810. The van der Waals surface area contributed by atoms with Crippen molar-refractivity contribution in [2.24, 2.45) is 0 Å². The molecular weight excluding hydrogens is 655 g/mol. The van der Waals surface area contributed by atoms with Crippen molar-refractivity contribution in [3.8, 4) is 44.5 Å². The molecule has 0 bridgehead atoms. The summed E-state index contributed by atoms with van der Waals surface area (Å²) in [4.78, 5) is 2.33. The fourth-order valence-corrected chi connectivity index (χ4v) is 7.68. The molecular formula is C52H35NO. The summed E-state index contributed by atoms with van der Waals surface area (Å²) in [6, 6.07) is 75.8. The highest BCUT2D eigenvalue weighted by molar-refractivity contribution is 6.11. The topological polar surface area (TPSA) is 16.4 Å². The number of nitrogens with zero attached hydrogens (tertiary/aromatic N) is 1. The third kappa shape index (κ3) is 5.81. The van der Waals surface area contributed by atoms with Crippen LogP contribution in [0.3, 0.4) is 0 Å². The third-order valence-electron chi connectivity index (χ3n) is 10.5. The summed E-state index contributed by atoms with van der Waals surface area (Å²) in [7, 11) is 0. The Hall–Kier alpha value is -7.16. The van der Waals surface area contributed by atoms with Crippen LogP contribution in [0.25, 0.3) is 77.2 Å². The van der Waals surface area contributed by atoms with Crippen LogP contribution in [0.2, 0.25) is 0 Å². The first-order chi connectivity index (χ1) is 26.7. The van der Waals surface area contributed by atoms with E-state index in [4.69, 9.17) is 4.42 Å². The monoisotopic (exact) mass is 689 g/mol. The summed E-state index contributed by atoms with van der Waals surface area (Å²) in [6.07, 6.45) is 0. The van der Waals surface area contributed by atoms with Crippen molar-refractivity contribution in [2.45, 2.75) is 0 Å². The van der Waals surface area contributed by atoms with E-state index in [1.54, 1.807) is 0 Å². The van der Waals surface area contributed by atoms with Crippen LogP contribution in [0.4, 0.5) is 17.1 Å². The summed E-state index contributed by atoms with van der Waals surface area (Å²) in [6.45, 7) is 0. The normalized spacial score (nSPS) is 11.3. The molecule has 0 aliphatic heterocycles. The van der Waals surface area contributed by atoms with E-state index in [0.717, 1.165) is 55.7 Å². The molecule has 0 unspecified atom stereocenters. The molecule has 1 aromatic heterocycles. The predicted octanol–water partition coefficient (Wildman–Crippen LogP) is 14.9. The third-order valence-corrected chi connectivity index (χ3v) is 10.5. The van der Waals surface area contributed by atoms with E-state index in [-0.39, 0.29) is 0 Å². The van der Waals surface area contributed by atoms with Gasteiger partial charge in [-0.2, -0.15) is 0 Å². The summed E-state index contributed by atoms with van der Waals surface area (Å²) in [5.74, 6) is 0. The van der Waals surface area contributed by atoms with Gasteiger partial charge in [0.2, 0.25) is 0 Å². The van der Waals surface area contributed by atoms with Gasteiger partial charge in [0.15, 0.2) is 0 Å². The molecule has 0 amide bonds. The van der Waals surface area contributed by atoms with Crippen molar-refractivity contribution in [1.29, 1.82) is 0 Å². The van der Waals surface area contributed by atoms with Crippen LogP contribution < -0.4 is 4.90 Å². The van der Waals surface area contributed by atoms with Gasteiger partial charge in [0.05, 0.1) is 0 Å². The Balaban J connectivity index is 1.08. The molecule has 254 valence electrons.